The highest BCUT2D eigenvalue weighted by molar-refractivity contribution is 9.10. The van der Waals surface area contributed by atoms with Crippen molar-refractivity contribution in [1.29, 1.82) is 0 Å². The number of rotatable bonds is 2. The molecule has 0 aromatic heterocycles. The number of anilines is 1. The molecule has 2 aromatic rings. The molecular formula is C21H20BrN3O2. The molecule has 3 aliphatic heterocycles. The number of fused-ring (bicyclic) bond motifs is 3. The number of carbonyl (C=O) groups excluding carboxylic acids is 2. The molecule has 3 fully saturated rings. The molecule has 5 nitrogen and oxygen atoms in total. The number of hydrazine groups is 1. The molecule has 3 aliphatic rings. The summed E-state index contributed by atoms with van der Waals surface area (Å²) in [6.45, 7) is 3.78. The van der Waals surface area contributed by atoms with Gasteiger partial charge in [0, 0.05) is 17.6 Å². The highest BCUT2D eigenvalue weighted by Gasteiger charge is 2.62. The number of halogens is 1. The molecule has 0 spiro atoms. The van der Waals surface area contributed by atoms with E-state index < -0.39 is 6.04 Å². The monoisotopic (exact) mass is 425 g/mol. The summed E-state index contributed by atoms with van der Waals surface area (Å²) in [5.74, 6) is -0.551. The maximum Gasteiger partial charge on any atom is 0.253 e. The molecule has 0 N–H and O–H groups in total. The first-order chi connectivity index (χ1) is 13.1. The molecule has 0 aliphatic carbocycles. The molecule has 3 heterocycles. The van der Waals surface area contributed by atoms with E-state index in [1.54, 1.807) is 0 Å². The summed E-state index contributed by atoms with van der Waals surface area (Å²) in [5.41, 5.74) is 2.95. The molecule has 0 saturated carbocycles. The van der Waals surface area contributed by atoms with Crippen LogP contribution in [0.1, 0.15) is 23.6 Å². The van der Waals surface area contributed by atoms with Crippen LogP contribution >= 0.6 is 15.9 Å². The van der Waals surface area contributed by atoms with E-state index in [1.807, 2.05) is 24.3 Å². The molecule has 27 heavy (non-hydrogen) atoms. The predicted molar refractivity (Wildman–Crippen MR) is 106 cm³/mol. The van der Waals surface area contributed by atoms with E-state index in [4.69, 9.17) is 0 Å². The van der Waals surface area contributed by atoms with Gasteiger partial charge in [0.2, 0.25) is 5.91 Å². The van der Waals surface area contributed by atoms with Crippen molar-refractivity contribution in [3.05, 3.63) is 64.1 Å². The second kappa shape index (κ2) is 6.26. The second-order valence-electron chi connectivity index (χ2n) is 7.49. The fraction of sp³-hybridized carbons (Fsp3) is 0.333. The van der Waals surface area contributed by atoms with Crippen molar-refractivity contribution in [1.82, 2.24) is 10.0 Å². The summed E-state index contributed by atoms with van der Waals surface area (Å²) >= 11 is 3.41. The maximum absolute atomic E-state index is 13.4. The number of nitrogens with zero attached hydrogens (tertiary/aromatic N) is 3. The largest absolute Gasteiger partial charge is 0.274 e. The fourth-order valence-corrected chi connectivity index (χ4v) is 4.99. The standard InChI is InChI=1S/C21H20BrN3O2/c1-13-3-5-14(6-4-13)18-17-19(24-12-2-11-23(18)24)21(27)25(20(17)26)16-9-7-15(22)8-10-16/h3-10,17-19H,2,11-12H2,1H3/t17-,18+,19+/m1/s1. The Kier molecular flexibility index (Phi) is 3.96. The van der Waals surface area contributed by atoms with Crippen LogP contribution < -0.4 is 4.90 Å². The summed E-state index contributed by atoms with van der Waals surface area (Å²) in [6, 6.07) is 15.3. The number of benzene rings is 2. The zero-order valence-electron chi connectivity index (χ0n) is 15.0. The van der Waals surface area contributed by atoms with Crippen molar-refractivity contribution >= 4 is 33.4 Å². The average molecular weight is 426 g/mol. The lowest BCUT2D eigenvalue weighted by molar-refractivity contribution is -0.126. The number of hydrogen-bond donors (Lipinski definition) is 0. The predicted octanol–water partition coefficient (Wildman–Crippen LogP) is 3.29. The van der Waals surface area contributed by atoms with E-state index in [0.29, 0.717) is 5.69 Å². The van der Waals surface area contributed by atoms with Gasteiger partial charge in [-0.3, -0.25) is 9.59 Å². The highest BCUT2D eigenvalue weighted by atomic mass is 79.9. The Morgan fingerprint density at radius 3 is 2.15 bits per heavy atom. The first kappa shape index (κ1) is 17.1. The minimum atomic E-state index is -0.394. The quantitative estimate of drug-likeness (QED) is 0.692. The van der Waals surface area contributed by atoms with Crippen molar-refractivity contribution in [2.24, 2.45) is 5.92 Å². The molecule has 0 radical (unpaired) electrons. The van der Waals surface area contributed by atoms with Crippen LogP contribution in [0.3, 0.4) is 0 Å². The summed E-state index contributed by atoms with van der Waals surface area (Å²) in [5, 5.41) is 4.38. The first-order valence-electron chi connectivity index (χ1n) is 9.29. The van der Waals surface area contributed by atoms with Gasteiger partial charge in [0.05, 0.1) is 17.6 Å². The Morgan fingerprint density at radius 1 is 0.852 bits per heavy atom. The molecule has 3 saturated heterocycles. The van der Waals surface area contributed by atoms with Crippen molar-refractivity contribution in [2.45, 2.75) is 25.4 Å². The third kappa shape index (κ3) is 2.51. The topological polar surface area (TPSA) is 43.9 Å². The lowest BCUT2D eigenvalue weighted by atomic mass is 9.89. The van der Waals surface area contributed by atoms with E-state index in [2.05, 4.69) is 57.1 Å². The van der Waals surface area contributed by atoms with Crippen LogP contribution in [0.2, 0.25) is 0 Å². The van der Waals surface area contributed by atoms with Gasteiger partial charge in [0.1, 0.15) is 6.04 Å². The first-order valence-corrected chi connectivity index (χ1v) is 10.1. The van der Waals surface area contributed by atoms with Gasteiger partial charge < -0.3 is 0 Å². The van der Waals surface area contributed by atoms with Gasteiger partial charge in [-0.15, -0.1) is 0 Å². The van der Waals surface area contributed by atoms with E-state index in [9.17, 15) is 9.59 Å². The minimum absolute atomic E-state index is 0.0741. The number of hydrogen-bond acceptors (Lipinski definition) is 4. The lowest BCUT2D eigenvalue weighted by Gasteiger charge is -2.29. The van der Waals surface area contributed by atoms with Crippen molar-refractivity contribution in [3.8, 4) is 0 Å². The number of carbonyl (C=O) groups is 2. The molecule has 2 amide bonds. The van der Waals surface area contributed by atoms with Gasteiger partial charge >= 0.3 is 0 Å². The molecule has 138 valence electrons. The summed E-state index contributed by atoms with van der Waals surface area (Å²) in [7, 11) is 0. The Bertz CT molecular complexity index is 912. The van der Waals surface area contributed by atoms with Crippen molar-refractivity contribution in [2.75, 3.05) is 18.0 Å². The van der Waals surface area contributed by atoms with Gasteiger partial charge in [-0.05, 0) is 43.2 Å². The summed E-state index contributed by atoms with van der Waals surface area (Å²) < 4.78 is 0.925. The van der Waals surface area contributed by atoms with Crippen LogP contribution in [0, 0.1) is 12.8 Å². The summed E-state index contributed by atoms with van der Waals surface area (Å²) in [4.78, 5) is 28.1. The average Bonchev–Trinajstić information content (AvgIpc) is 3.30. The third-order valence-corrected chi connectivity index (χ3v) is 6.44. The fourth-order valence-electron chi connectivity index (χ4n) is 4.72. The van der Waals surface area contributed by atoms with Gasteiger partial charge in [0.15, 0.2) is 0 Å². The van der Waals surface area contributed by atoms with E-state index in [-0.39, 0.29) is 23.8 Å². The van der Waals surface area contributed by atoms with E-state index >= 15 is 0 Å². The van der Waals surface area contributed by atoms with Crippen LogP contribution in [0.5, 0.6) is 0 Å². The van der Waals surface area contributed by atoms with E-state index in [0.717, 1.165) is 29.5 Å². The normalized spacial score (nSPS) is 28.1. The van der Waals surface area contributed by atoms with Crippen LogP contribution in [0.25, 0.3) is 0 Å². The van der Waals surface area contributed by atoms with Gasteiger partial charge in [-0.2, -0.15) is 0 Å². The Balaban J connectivity index is 1.57. The zero-order chi connectivity index (χ0) is 18.7. The number of aryl methyl sites for hydroxylation is 1. The van der Waals surface area contributed by atoms with Crippen LogP contribution in [0.4, 0.5) is 5.69 Å². The van der Waals surface area contributed by atoms with Crippen LogP contribution in [0.15, 0.2) is 53.0 Å². The van der Waals surface area contributed by atoms with Crippen LogP contribution in [-0.4, -0.2) is 41.0 Å². The lowest BCUT2D eigenvalue weighted by Crippen LogP contribution is -2.44. The molecule has 0 bridgehead atoms. The summed E-state index contributed by atoms with van der Waals surface area (Å²) in [6.07, 6.45) is 1.02. The molecule has 5 rings (SSSR count). The van der Waals surface area contributed by atoms with Crippen molar-refractivity contribution < 1.29 is 9.59 Å². The highest BCUT2D eigenvalue weighted by Crippen LogP contribution is 2.48. The number of amides is 2. The maximum atomic E-state index is 13.4. The van der Waals surface area contributed by atoms with E-state index in [1.165, 1.54) is 10.5 Å². The van der Waals surface area contributed by atoms with Gasteiger partial charge in [-0.25, -0.2) is 14.9 Å². The Morgan fingerprint density at radius 2 is 1.48 bits per heavy atom. The Labute approximate surface area is 166 Å². The molecule has 6 heteroatoms. The number of imide groups is 1. The van der Waals surface area contributed by atoms with Crippen LogP contribution in [-0.2, 0) is 9.59 Å². The Hall–Kier alpha value is -2.02. The molecule has 0 unspecified atom stereocenters. The second-order valence-corrected chi connectivity index (χ2v) is 8.41. The van der Waals surface area contributed by atoms with Crippen molar-refractivity contribution in [3.63, 3.8) is 0 Å². The molecule has 2 aromatic carbocycles. The van der Waals surface area contributed by atoms with Gasteiger partial charge in [0.25, 0.3) is 5.91 Å². The third-order valence-electron chi connectivity index (χ3n) is 5.91. The SMILES string of the molecule is Cc1ccc([C@H]2[C@H]3C(=O)N(c4ccc(Br)cc4)C(=O)[C@H]3N3CCCN23)cc1. The minimum Gasteiger partial charge on any atom is -0.274 e. The molecular weight excluding hydrogens is 406 g/mol. The van der Waals surface area contributed by atoms with Gasteiger partial charge in [-0.1, -0.05) is 45.8 Å². The zero-order valence-corrected chi connectivity index (χ0v) is 16.6. The smallest absolute Gasteiger partial charge is 0.253 e. The molecule has 3 atom stereocenters.